The van der Waals surface area contributed by atoms with Gasteiger partial charge in [0.2, 0.25) is 0 Å². The molecule has 19 heavy (non-hydrogen) atoms. The van der Waals surface area contributed by atoms with Crippen LogP contribution in [-0.4, -0.2) is 15.6 Å². The van der Waals surface area contributed by atoms with Crippen LogP contribution in [0.25, 0.3) is 10.9 Å². The fourth-order valence-electron chi connectivity index (χ4n) is 2.48. The molecular formula is C16H22N2O. The minimum atomic E-state index is 0.377. The van der Waals surface area contributed by atoms with Crippen molar-refractivity contribution in [2.24, 2.45) is 0 Å². The number of ketones is 1. The Morgan fingerprint density at radius 2 is 2.00 bits per heavy atom. The number of Topliss-reactive ketones (excluding diaryl/α,β-unsaturated/α-hetero) is 1. The molecule has 3 nitrogen and oxygen atoms in total. The summed E-state index contributed by atoms with van der Waals surface area (Å²) in [4.78, 5) is 11.5. The van der Waals surface area contributed by atoms with Gasteiger partial charge in [-0.3, -0.25) is 9.48 Å². The van der Waals surface area contributed by atoms with Crippen molar-refractivity contribution in [3.05, 3.63) is 30.0 Å². The minimum absolute atomic E-state index is 0.377. The predicted molar refractivity (Wildman–Crippen MR) is 78.3 cm³/mol. The maximum Gasteiger partial charge on any atom is 0.132 e. The number of para-hydroxylation sites is 1. The molecule has 0 N–H and O–H groups in total. The van der Waals surface area contributed by atoms with Crippen molar-refractivity contribution in [1.82, 2.24) is 9.78 Å². The number of benzene rings is 1. The standard InChI is InChI=1S/C16H22N2O/c1-3-8-13(19)9-7-11-15-14-10-5-6-12-16(14)18(4-2)17-15/h5-6,10,12H,3-4,7-9,11H2,1-2H3. The molecule has 2 aromatic rings. The van der Waals surface area contributed by atoms with Gasteiger partial charge in [-0.05, 0) is 32.3 Å². The van der Waals surface area contributed by atoms with E-state index in [9.17, 15) is 4.79 Å². The zero-order valence-electron chi connectivity index (χ0n) is 11.9. The number of rotatable bonds is 7. The Bertz CT molecular complexity index is 557. The molecule has 0 saturated heterocycles. The number of aryl methyl sites for hydroxylation is 2. The smallest absolute Gasteiger partial charge is 0.132 e. The molecular weight excluding hydrogens is 236 g/mol. The van der Waals surface area contributed by atoms with Crippen LogP contribution in [0.4, 0.5) is 0 Å². The average molecular weight is 258 g/mol. The number of carbonyl (C=O) groups is 1. The Kier molecular flexibility index (Phi) is 4.72. The largest absolute Gasteiger partial charge is 0.300 e. The van der Waals surface area contributed by atoms with Gasteiger partial charge in [-0.25, -0.2) is 0 Å². The molecule has 1 aromatic carbocycles. The molecule has 2 rings (SSSR count). The summed E-state index contributed by atoms with van der Waals surface area (Å²) in [6.45, 7) is 5.04. The minimum Gasteiger partial charge on any atom is -0.300 e. The third kappa shape index (κ3) is 3.22. The Morgan fingerprint density at radius 3 is 2.74 bits per heavy atom. The molecule has 0 aliphatic rings. The first-order chi connectivity index (χ1) is 9.26. The maximum atomic E-state index is 11.5. The van der Waals surface area contributed by atoms with E-state index in [4.69, 9.17) is 0 Å². The lowest BCUT2D eigenvalue weighted by molar-refractivity contribution is -0.119. The van der Waals surface area contributed by atoms with Gasteiger partial charge in [0, 0.05) is 24.8 Å². The Labute approximate surface area is 114 Å². The predicted octanol–water partition coefficient (Wildman–Crippen LogP) is 3.75. The lowest BCUT2D eigenvalue weighted by Gasteiger charge is -1.98. The number of carbonyl (C=O) groups excluding carboxylic acids is 1. The summed E-state index contributed by atoms with van der Waals surface area (Å²) in [5.74, 6) is 0.377. The normalized spacial score (nSPS) is 11.1. The summed E-state index contributed by atoms with van der Waals surface area (Å²) in [6.07, 6.45) is 4.14. The van der Waals surface area contributed by atoms with Gasteiger partial charge < -0.3 is 0 Å². The third-order valence-electron chi connectivity index (χ3n) is 3.43. The summed E-state index contributed by atoms with van der Waals surface area (Å²) in [5.41, 5.74) is 2.32. The Balaban J connectivity index is 2.06. The second kappa shape index (κ2) is 6.50. The molecule has 0 aliphatic carbocycles. The van der Waals surface area contributed by atoms with E-state index in [1.807, 2.05) is 17.7 Å². The molecule has 0 amide bonds. The van der Waals surface area contributed by atoms with Crippen LogP contribution in [0.2, 0.25) is 0 Å². The van der Waals surface area contributed by atoms with Crippen molar-refractivity contribution in [2.45, 2.75) is 52.5 Å². The van der Waals surface area contributed by atoms with E-state index in [1.165, 1.54) is 10.9 Å². The van der Waals surface area contributed by atoms with Gasteiger partial charge in [0.25, 0.3) is 0 Å². The van der Waals surface area contributed by atoms with Crippen molar-refractivity contribution in [3.8, 4) is 0 Å². The van der Waals surface area contributed by atoms with E-state index in [2.05, 4.69) is 30.2 Å². The number of hydrogen-bond acceptors (Lipinski definition) is 2. The summed E-state index contributed by atoms with van der Waals surface area (Å²) >= 11 is 0. The Morgan fingerprint density at radius 1 is 1.21 bits per heavy atom. The first kappa shape index (κ1) is 13.8. The van der Waals surface area contributed by atoms with Gasteiger partial charge >= 0.3 is 0 Å². The van der Waals surface area contributed by atoms with Crippen LogP contribution in [-0.2, 0) is 17.8 Å². The average Bonchev–Trinajstić information content (AvgIpc) is 2.78. The highest BCUT2D eigenvalue weighted by Crippen LogP contribution is 2.20. The van der Waals surface area contributed by atoms with Gasteiger partial charge in [0.1, 0.15) is 5.78 Å². The van der Waals surface area contributed by atoms with E-state index in [-0.39, 0.29) is 0 Å². The summed E-state index contributed by atoms with van der Waals surface area (Å²) in [7, 11) is 0. The lowest BCUT2D eigenvalue weighted by Crippen LogP contribution is -2.00. The van der Waals surface area contributed by atoms with Crippen LogP contribution in [0.3, 0.4) is 0 Å². The van der Waals surface area contributed by atoms with E-state index < -0.39 is 0 Å². The molecule has 0 radical (unpaired) electrons. The summed E-state index contributed by atoms with van der Waals surface area (Å²) < 4.78 is 2.04. The molecule has 0 aliphatic heterocycles. The van der Waals surface area contributed by atoms with E-state index in [0.29, 0.717) is 18.6 Å². The highest BCUT2D eigenvalue weighted by atomic mass is 16.1. The van der Waals surface area contributed by atoms with Gasteiger partial charge in [-0.2, -0.15) is 5.10 Å². The van der Waals surface area contributed by atoms with Crippen molar-refractivity contribution >= 4 is 16.7 Å². The quantitative estimate of drug-likeness (QED) is 0.758. The van der Waals surface area contributed by atoms with Crippen molar-refractivity contribution in [2.75, 3.05) is 0 Å². The van der Waals surface area contributed by atoms with Crippen molar-refractivity contribution in [1.29, 1.82) is 0 Å². The Hall–Kier alpha value is -1.64. The zero-order valence-corrected chi connectivity index (χ0v) is 11.9. The fraction of sp³-hybridized carbons (Fsp3) is 0.500. The summed E-state index contributed by atoms with van der Waals surface area (Å²) in [6, 6.07) is 8.33. The number of aromatic nitrogens is 2. The van der Waals surface area contributed by atoms with Gasteiger partial charge in [-0.1, -0.05) is 25.1 Å². The van der Waals surface area contributed by atoms with Crippen LogP contribution in [0.5, 0.6) is 0 Å². The van der Waals surface area contributed by atoms with Gasteiger partial charge in [-0.15, -0.1) is 0 Å². The fourth-order valence-corrected chi connectivity index (χ4v) is 2.48. The van der Waals surface area contributed by atoms with Gasteiger partial charge in [0.15, 0.2) is 0 Å². The molecule has 0 atom stereocenters. The molecule has 0 unspecified atom stereocenters. The first-order valence-corrected chi connectivity index (χ1v) is 7.22. The van der Waals surface area contributed by atoms with E-state index >= 15 is 0 Å². The first-order valence-electron chi connectivity index (χ1n) is 7.22. The van der Waals surface area contributed by atoms with Crippen LogP contribution in [0, 0.1) is 0 Å². The second-order valence-electron chi connectivity index (χ2n) is 4.92. The molecule has 3 heteroatoms. The van der Waals surface area contributed by atoms with Crippen molar-refractivity contribution < 1.29 is 4.79 Å². The molecule has 1 aromatic heterocycles. The maximum absolute atomic E-state index is 11.5. The number of hydrogen-bond donors (Lipinski definition) is 0. The zero-order chi connectivity index (χ0) is 13.7. The molecule has 1 heterocycles. The summed E-state index contributed by atoms with van der Waals surface area (Å²) in [5, 5.41) is 5.88. The SMILES string of the molecule is CCCC(=O)CCCc1nn(CC)c2ccccc12. The molecule has 102 valence electrons. The number of nitrogens with zero attached hydrogens (tertiary/aromatic N) is 2. The lowest BCUT2D eigenvalue weighted by atomic mass is 10.1. The highest BCUT2D eigenvalue weighted by molar-refractivity contribution is 5.82. The van der Waals surface area contributed by atoms with Crippen molar-refractivity contribution in [3.63, 3.8) is 0 Å². The third-order valence-corrected chi connectivity index (χ3v) is 3.43. The van der Waals surface area contributed by atoms with E-state index in [0.717, 1.165) is 31.5 Å². The topological polar surface area (TPSA) is 34.9 Å². The molecule has 0 saturated carbocycles. The van der Waals surface area contributed by atoms with Crippen LogP contribution >= 0.6 is 0 Å². The van der Waals surface area contributed by atoms with Gasteiger partial charge in [0.05, 0.1) is 11.2 Å². The number of fused-ring (bicyclic) bond motifs is 1. The van der Waals surface area contributed by atoms with E-state index in [1.54, 1.807) is 0 Å². The van der Waals surface area contributed by atoms with Crippen LogP contribution in [0.15, 0.2) is 24.3 Å². The monoisotopic (exact) mass is 258 g/mol. The molecule has 0 spiro atoms. The van der Waals surface area contributed by atoms with Crippen LogP contribution in [0.1, 0.15) is 45.2 Å². The van der Waals surface area contributed by atoms with Crippen LogP contribution < -0.4 is 0 Å². The highest BCUT2D eigenvalue weighted by Gasteiger charge is 2.09. The molecule has 0 fully saturated rings. The second-order valence-corrected chi connectivity index (χ2v) is 4.92. The molecule has 0 bridgehead atoms.